The third kappa shape index (κ3) is 10.0. The second-order valence-corrected chi connectivity index (χ2v) is 8.96. The number of carbonyl (C=O) groups is 4. The molecule has 0 saturated carbocycles. The molecule has 0 unspecified atom stereocenters. The lowest BCUT2D eigenvalue weighted by molar-refractivity contribution is -0.174. The zero-order valence-corrected chi connectivity index (χ0v) is 18.4. The highest BCUT2D eigenvalue weighted by molar-refractivity contribution is 5.95. The summed E-state index contributed by atoms with van der Waals surface area (Å²) in [6.45, 7) is 10.3. The smallest absolute Gasteiger partial charge is 0.321 e. The van der Waals surface area contributed by atoms with Crippen molar-refractivity contribution in [2.75, 3.05) is 5.32 Å². The second-order valence-electron chi connectivity index (χ2n) is 8.96. The van der Waals surface area contributed by atoms with Crippen LogP contribution in [-0.2, 0) is 35.1 Å². The Kier molecular flexibility index (Phi) is 8.57. The van der Waals surface area contributed by atoms with E-state index >= 15 is 0 Å². The summed E-state index contributed by atoms with van der Waals surface area (Å²) in [7, 11) is 0. The van der Waals surface area contributed by atoms with E-state index < -0.39 is 40.9 Å². The van der Waals surface area contributed by atoms with Gasteiger partial charge in [0.1, 0.15) is 11.2 Å². The molecular weight excluding hydrogens is 390 g/mol. The van der Waals surface area contributed by atoms with Crippen LogP contribution in [0.2, 0.25) is 0 Å². The number of carbonyl (C=O) groups excluding carboxylic acids is 3. The molecule has 1 aromatic rings. The molecule has 1 aromatic carbocycles. The number of anilines is 1. The van der Waals surface area contributed by atoms with Crippen molar-refractivity contribution in [3.8, 4) is 0 Å². The first-order valence-electron chi connectivity index (χ1n) is 9.72. The molecular formula is C22H31NO7. The highest BCUT2D eigenvalue weighted by Crippen LogP contribution is 2.21. The van der Waals surface area contributed by atoms with E-state index in [1.54, 1.807) is 65.8 Å². The van der Waals surface area contributed by atoms with Gasteiger partial charge in [0.25, 0.3) is 0 Å². The van der Waals surface area contributed by atoms with Crippen molar-refractivity contribution in [2.24, 2.45) is 5.92 Å². The predicted octanol–water partition coefficient (Wildman–Crippen LogP) is 3.33. The van der Waals surface area contributed by atoms with Gasteiger partial charge in [0.05, 0.1) is 6.42 Å². The Morgan fingerprint density at radius 3 is 1.73 bits per heavy atom. The summed E-state index contributed by atoms with van der Waals surface area (Å²) in [6, 6.07) is 6.59. The van der Waals surface area contributed by atoms with Crippen molar-refractivity contribution < 1.29 is 33.8 Å². The number of rotatable bonds is 8. The van der Waals surface area contributed by atoms with E-state index in [2.05, 4.69) is 5.32 Å². The highest BCUT2D eigenvalue weighted by Gasteiger charge is 2.34. The molecule has 0 aliphatic heterocycles. The first kappa shape index (κ1) is 25.1. The number of hydrogen-bond acceptors (Lipinski definition) is 6. The summed E-state index contributed by atoms with van der Waals surface area (Å²) < 4.78 is 10.8. The van der Waals surface area contributed by atoms with Gasteiger partial charge in [-0.1, -0.05) is 12.1 Å². The van der Waals surface area contributed by atoms with Crippen molar-refractivity contribution in [1.29, 1.82) is 0 Å². The normalized spacial score (nSPS) is 11.7. The van der Waals surface area contributed by atoms with Gasteiger partial charge in [0, 0.05) is 12.1 Å². The number of benzene rings is 1. The molecule has 1 rings (SSSR count). The Balaban J connectivity index is 2.90. The van der Waals surface area contributed by atoms with Crippen LogP contribution in [0.25, 0.3) is 0 Å². The summed E-state index contributed by atoms with van der Waals surface area (Å²) in [5.41, 5.74) is -0.330. The first-order valence-corrected chi connectivity index (χ1v) is 9.72. The van der Waals surface area contributed by atoms with Crippen molar-refractivity contribution in [1.82, 2.24) is 0 Å². The van der Waals surface area contributed by atoms with Crippen LogP contribution in [0.3, 0.4) is 0 Å². The largest absolute Gasteiger partial charge is 0.481 e. The maximum atomic E-state index is 12.6. The van der Waals surface area contributed by atoms with E-state index in [-0.39, 0.29) is 19.3 Å². The number of ether oxygens (including phenoxy) is 2. The minimum Gasteiger partial charge on any atom is -0.481 e. The molecule has 0 aliphatic carbocycles. The third-order valence-electron chi connectivity index (χ3n) is 3.63. The van der Waals surface area contributed by atoms with Crippen molar-refractivity contribution in [3.05, 3.63) is 29.8 Å². The van der Waals surface area contributed by atoms with Crippen LogP contribution in [0.15, 0.2) is 24.3 Å². The number of aliphatic carboxylic acids is 1. The molecule has 0 heterocycles. The van der Waals surface area contributed by atoms with Gasteiger partial charge in [0.2, 0.25) is 5.91 Å². The Morgan fingerprint density at radius 2 is 1.33 bits per heavy atom. The summed E-state index contributed by atoms with van der Waals surface area (Å²) >= 11 is 0. The Labute approximate surface area is 176 Å². The van der Waals surface area contributed by atoms with Gasteiger partial charge in [0.15, 0.2) is 5.92 Å². The Hall–Kier alpha value is -2.90. The fourth-order valence-electron chi connectivity index (χ4n) is 2.41. The van der Waals surface area contributed by atoms with Crippen molar-refractivity contribution in [3.63, 3.8) is 0 Å². The Morgan fingerprint density at radius 1 is 0.867 bits per heavy atom. The molecule has 0 fully saturated rings. The van der Waals surface area contributed by atoms with Crippen LogP contribution in [0, 0.1) is 5.92 Å². The van der Waals surface area contributed by atoms with Gasteiger partial charge in [-0.2, -0.15) is 0 Å². The van der Waals surface area contributed by atoms with Crippen LogP contribution in [-0.4, -0.2) is 40.1 Å². The van der Waals surface area contributed by atoms with Gasteiger partial charge in [-0.25, -0.2) is 0 Å². The average molecular weight is 421 g/mol. The standard InChI is InChI=1S/C22H31NO7/c1-21(2,3)29-19(27)16(20(28)30-22(4,5)6)13-14-7-9-15(10-8-14)23-17(24)11-12-18(25)26/h7-10,16H,11-13H2,1-6H3,(H,23,24)(H,25,26). The van der Waals surface area contributed by atoms with Crippen LogP contribution in [0.1, 0.15) is 59.9 Å². The fraction of sp³-hybridized carbons (Fsp3) is 0.545. The predicted molar refractivity (Wildman–Crippen MR) is 111 cm³/mol. The molecule has 8 nitrogen and oxygen atoms in total. The molecule has 0 radical (unpaired) electrons. The van der Waals surface area contributed by atoms with Gasteiger partial charge >= 0.3 is 17.9 Å². The molecule has 0 saturated heterocycles. The minimum atomic E-state index is -1.13. The number of nitrogens with one attached hydrogen (secondary N) is 1. The average Bonchev–Trinajstić information content (AvgIpc) is 2.56. The SMILES string of the molecule is CC(C)(C)OC(=O)C(Cc1ccc(NC(=O)CCC(=O)O)cc1)C(=O)OC(C)(C)C. The zero-order valence-electron chi connectivity index (χ0n) is 18.4. The minimum absolute atomic E-state index is 0.0804. The van der Waals surface area contributed by atoms with Gasteiger partial charge in [-0.05, 0) is 65.7 Å². The van der Waals surface area contributed by atoms with Crippen LogP contribution in [0.4, 0.5) is 5.69 Å². The van der Waals surface area contributed by atoms with Gasteiger partial charge < -0.3 is 19.9 Å². The Bertz CT molecular complexity index is 742. The van der Waals surface area contributed by atoms with E-state index in [9.17, 15) is 19.2 Å². The lowest BCUT2D eigenvalue weighted by Crippen LogP contribution is -2.38. The second kappa shape index (κ2) is 10.2. The monoisotopic (exact) mass is 421 g/mol. The maximum absolute atomic E-state index is 12.6. The molecule has 0 atom stereocenters. The van der Waals surface area contributed by atoms with Crippen molar-refractivity contribution >= 4 is 29.5 Å². The lowest BCUT2D eigenvalue weighted by Gasteiger charge is -2.26. The third-order valence-corrected chi connectivity index (χ3v) is 3.63. The van der Waals surface area contributed by atoms with E-state index in [0.29, 0.717) is 11.3 Å². The summed E-state index contributed by atoms with van der Waals surface area (Å²) in [5, 5.41) is 11.2. The molecule has 166 valence electrons. The van der Waals surface area contributed by atoms with E-state index in [1.165, 1.54) is 0 Å². The topological polar surface area (TPSA) is 119 Å². The molecule has 1 amide bonds. The molecule has 2 N–H and O–H groups in total. The van der Waals surface area contributed by atoms with Gasteiger partial charge in [-0.15, -0.1) is 0 Å². The molecule has 0 aromatic heterocycles. The molecule has 8 heteroatoms. The number of carboxylic acids is 1. The number of hydrogen-bond donors (Lipinski definition) is 2. The van der Waals surface area contributed by atoms with E-state index in [1.807, 2.05) is 0 Å². The lowest BCUT2D eigenvalue weighted by atomic mass is 9.98. The van der Waals surface area contributed by atoms with Crippen LogP contribution >= 0.6 is 0 Å². The summed E-state index contributed by atoms with van der Waals surface area (Å²) in [5.74, 6) is -3.91. The fourth-order valence-corrected chi connectivity index (χ4v) is 2.41. The molecule has 0 spiro atoms. The molecule has 0 bridgehead atoms. The van der Waals surface area contributed by atoms with E-state index in [0.717, 1.165) is 0 Å². The summed E-state index contributed by atoms with van der Waals surface area (Å²) in [4.78, 5) is 47.5. The first-order chi connectivity index (χ1) is 13.7. The summed E-state index contributed by atoms with van der Waals surface area (Å²) in [6.07, 6.45) is -0.301. The van der Waals surface area contributed by atoms with Crippen LogP contribution in [0.5, 0.6) is 0 Å². The zero-order chi connectivity index (χ0) is 23.1. The number of amides is 1. The molecule has 30 heavy (non-hydrogen) atoms. The van der Waals surface area contributed by atoms with Crippen LogP contribution < -0.4 is 5.32 Å². The van der Waals surface area contributed by atoms with Gasteiger partial charge in [-0.3, -0.25) is 19.2 Å². The highest BCUT2D eigenvalue weighted by atomic mass is 16.6. The maximum Gasteiger partial charge on any atom is 0.321 e. The molecule has 0 aliphatic rings. The number of esters is 2. The van der Waals surface area contributed by atoms with Crippen molar-refractivity contribution in [2.45, 2.75) is 72.0 Å². The van der Waals surface area contributed by atoms with E-state index in [4.69, 9.17) is 14.6 Å². The quantitative estimate of drug-likeness (QED) is 0.488. The number of carboxylic acid groups (broad SMARTS) is 1.